The number of hydrogen-bond acceptors (Lipinski definition) is 7. The smallest absolute Gasteiger partial charge is 0.293 e. The number of aryl methyl sites for hydroxylation is 1. The molecule has 0 aromatic heterocycles. The van der Waals surface area contributed by atoms with Crippen molar-refractivity contribution in [2.75, 3.05) is 26.5 Å². The Morgan fingerprint density at radius 3 is 2.76 bits per heavy atom. The highest BCUT2D eigenvalue weighted by atomic mass is 32.2. The molecule has 2 aliphatic rings. The third-order valence-electron chi connectivity index (χ3n) is 5.38. The van der Waals surface area contributed by atoms with Gasteiger partial charge in [-0.05, 0) is 65.6 Å². The van der Waals surface area contributed by atoms with Crippen LogP contribution in [0.3, 0.4) is 0 Å². The van der Waals surface area contributed by atoms with E-state index in [4.69, 9.17) is 14.2 Å². The number of fused-ring (bicyclic) bond motifs is 1. The summed E-state index contributed by atoms with van der Waals surface area (Å²) in [6.07, 6.45) is 1.65. The molecule has 0 radical (unpaired) electrons. The largest absolute Gasteiger partial charge is 0.483 e. The number of carbonyl (C=O) groups excluding carboxylic acids is 3. The van der Waals surface area contributed by atoms with E-state index in [-0.39, 0.29) is 49.5 Å². The van der Waals surface area contributed by atoms with E-state index in [1.807, 2.05) is 25.1 Å². The first-order valence-corrected chi connectivity index (χ1v) is 11.8. The molecule has 0 atom stereocenters. The van der Waals surface area contributed by atoms with Gasteiger partial charge in [-0.2, -0.15) is 0 Å². The van der Waals surface area contributed by atoms with Crippen LogP contribution in [-0.4, -0.2) is 48.4 Å². The van der Waals surface area contributed by atoms with Crippen LogP contribution in [-0.2, 0) is 9.59 Å². The first-order valence-electron chi connectivity index (χ1n) is 11.0. The molecule has 2 heterocycles. The average molecular weight is 483 g/mol. The molecular weight excluding hydrogens is 456 g/mol. The molecule has 34 heavy (non-hydrogen) atoms. The van der Waals surface area contributed by atoms with Crippen LogP contribution in [0.5, 0.6) is 17.2 Å². The average Bonchev–Trinajstić information content (AvgIpc) is 3.37. The fraction of sp³-hybridized carbons (Fsp3) is 0.320. The lowest BCUT2D eigenvalue weighted by molar-refractivity contribution is -0.125. The Bertz CT molecular complexity index is 1160. The number of nitrogens with zero attached hydrogens (tertiary/aromatic N) is 1. The fourth-order valence-electron chi connectivity index (χ4n) is 3.59. The molecule has 9 heteroatoms. The Labute approximate surface area is 202 Å². The zero-order chi connectivity index (χ0) is 24.2. The zero-order valence-corrected chi connectivity index (χ0v) is 20.1. The van der Waals surface area contributed by atoms with Crippen molar-refractivity contribution >= 4 is 34.9 Å². The van der Waals surface area contributed by atoms with Crippen molar-refractivity contribution in [3.8, 4) is 17.2 Å². The lowest BCUT2D eigenvalue weighted by Crippen LogP contribution is -2.38. The monoisotopic (exact) mass is 482 g/mol. The summed E-state index contributed by atoms with van der Waals surface area (Å²) in [6.45, 7) is 6.34. The first kappa shape index (κ1) is 23.7. The van der Waals surface area contributed by atoms with E-state index in [0.29, 0.717) is 22.2 Å². The van der Waals surface area contributed by atoms with Crippen molar-refractivity contribution in [1.29, 1.82) is 0 Å². The van der Waals surface area contributed by atoms with Crippen LogP contribution in [0.4, 0.5) is 4.79 Å². The fourth-order valence-corrected chi connectivity index (χ4v) is 4.46. The Morgan fingerprint density at radius 2 is 1.97 bits per heavy atom. The Hall–Kier alpha value is -3.46. The first-order chi connectivity index (χ1) is 16.3. The van der Waals surface area contributed by atoms with Crippen LogP contribution in [0.2, 0.25) is 0 Å². The van der Waals surface area contributed by atoms with E-state index in [1.54, 1.807) is 24.3 Å². The maximum atomic E-state index is 12.7. The van der Waals surface area contributed by atoms with Crippen molar-refractivity contribution in [2.24, 2.45) is 0 Å². The molecule has 4 rings (SSSR count). The van der Waals surface area contributed by atoms with Crippen molar-refractivity contribution < 1.29 is 28.6 Å². The molecule has 1 N–H and O–H groups in total. The van der Waals surface area contributed by atoms with Crippen molar-refractivity contribution in [2.45, 2.75) is 26.7 Å². The van der Waals surface area contributed by atoms with Crippen LogP contribution in [0, 0.1) is 6.92 Å². The van der Waals surface area contributed by atoms with E-state index >= 15 is 0 Å². The summed E-state index contributed by atoms with van der Waals surface area (Å²) in [5, 5.41) is 2.34. The lowest BCUT2D eigenvalue weighted by Gasteiger charge is -2.16. The van der Waals surface area contributed by atoms with Gasteiger partial charge in [0.05, 0.1) is 4.91 Å². The van der Waals surface area contributed by atoms with E-state index < -0.39 is 0 Å². The third kappa shape index (κ3) is 5.36. The van der Waals surface area contributed by atoms with Crippen LogP contribution < -0.4 is 19.5 Å². The summed E-state index contributed by atoms with van der Waals surface area (Å²) < 4.78 is 16.4. The number of carbonyl (C=O) groups is 3. The number of rotatable bonds is 8. The minimum Gasteiger partial charge on any atom is -0.483 e. The molecular formula is C25H26N2O6S. The number of imide groups is 1. The van der Waals surface area contributed by atoms with E-state index in [0.717, 1.165) is 33.4 Å². The van der Waals surface area contributed by atoms with Crippen LogP contribution >= 0.6 is 11.8 Å². The lowest BCUT2D eigenvalue weighted by atomic mass is 10.0. The molecule has 0 unspecified atom stereocenters. The van der Waals surface area contributed by atoms with Gasteiger partial charge in [0.2, 0.25) is 6.79 Å². The van der Waals surface area contributed by atoms with Gasteiger partial charge in [-0.15, -0.1) is 0 Å². The van der Waals surface area contributed by atoms with Gasteiger partial charge in [-0.25, -0.2) is 0 Å². The third-order valence-corrected chi connectivity index (χ3v) is 6.28. The molecule has 0 saturated carbocycles. The van der Waals surface area contributed by atoms with Gasteiger partial charge < -0.3 is 19.5 Å². The maximum absolute atomic E-state index is 12.7. The van der Waals surface area contributed by atoms with Gasteiger partial charge in [-0.1, -0.05) is 32.0 Å². The molecule has 3 amide bonds. The topological polar surface area (TPSA) is 94.2 Å². The second-order valence-corrected chi connectivity index (χ2v) is 9.27. The highest BCUT2D eigenvalue weighted by Gasteiger charge is 2.34. The van der Waals surface area contributed by atoms with Crippen LogP contribution in [0.1, 0.15) is 36.5 Å². The summed E-state index contributed by atoms with van der Waals surface area (Å²) in [6, 6.07) is 11.2. The second kappa shape index (κ2) is 10.2. The van der Waals surface area contributed by atoms with Crippen molar-refractivity contribution in [3.05, 3.63) is 58.0 Å². The predicted octanol–water partition coefficient (Wildman–Crippen LogP) is 4.08. The zero-order valence-electron chi connectivity index (χ0n) is 19.3. The van der Waals surface area contributed by atoms with Gasteiger partial charge in [0.15, 0.2) is 18.1 Å². The Morgan fingerprint density at radius 1 is 1.18 bits per heavy atom. The predicted molar refractivity (Wildman–Crippen MR) is 129 cm³/mol. The minimum atomic E-state index is -0.389. The molecule has 0 spiro atoms. The van der Waals surface area contributed by atoms with Gasteiger partial charge in [0.1, 0.15) is 5.75 Å². The van der Waals surface area contributed by atoms with Crippen molar-refractivity contribution in [3.63, 3.8) is 0 Å². The molecule has 2 aliphatic heterocycles. The number of nitrogens with one attached hydrogen (secondary N) is 1. The van der Waals surface area contributed by atoms with E-state index in [1.165, 1.54) is 0 Å². The summed E-state index contributed by atoms with van der Waals surface area (Å²) in [5.41, 5.74) is 2.82. The Kier molecular flexibility index (Phi) is 7.12. The highest BCUT2D eigenvalue weighted by Crippen LogP contribution is 2.36. The molecule has 1 fully saturated rings. The molecule has 2 aromatic rings. The number of hydrogen-bond donors (Lipinski definition) is 1. The summed E-state index contributed by atoms with van der Waals surface area (Å²) >= 11 is 0.871. The second-order valence-electron chi connectivity index (χ2n) is 8.28. The molecule has 2 aromatic carbocycles. The summed E-state index contributed by atoms with van der Waals surface area (Å²) in [4.78, 5) is 38.7. The quantitative estimate of drug-likeness (QED) is 0.567. The molecule has 0 aliphatic carbocycles. The minimum absolute atomic E-state index is 0.0799. The number of thioether (sulfide) groups is 1. The number of ether oxygens (including phenoxy) is 3. The summed E-state index contributed by atoms with van der Waals surface area (Å²) in [5.74, 6) is 1.49. The van der Waals surface area contributed by atoms with E-state index in [9.17, 15) is 14.4 Å². The van der Waals surface area contributed by atoms with Gasteiger partial charge in [0.25, 0.3) is 17.1 Å². The normalized spacial score (nSPS) is 16.0. The highest BCUT2D eigenvalue weighted by molar-refractivity contribution is 8.18. The van der Waals surface area contributed by atoms with E-state index in [2.05, 4.69) is 19.2 Å². The SMILES string of the molecule is Cc1ccc(C(C)C)c(OCC(=O)NCCN2C(=O)S/C(=C\c3ccc4c(c3)OCO4)C2=O)c1. The van der Waals surface area contributed by atoms with Crippen molar-refractivity contribution in [1.82, 2.24) is 10.2 Å². The summed E-state index contributed by atoms with van der Waals surface area (Å²) in [7, 11) is 0. The molecule has 0 bridgehead atoms. The number of amides is 3. The molecule has 8 nitrogen and oxygen atoms in total. The van der Waals surface area contributed by atoms with Crippen LogP contribution in [0.25, 0.3) is 6.08 Å². The van der Waals surface area contributed by atoms with Gasteiger partial charge in [0, 0.05) is 13.1 Å². The van der Waals surface area contributed by atoms with Crippen LogP contribution in [0.15, 0.2) is 41.3 Å². The van der Waals surface area contributed by atoms with Gasteiger partial charge in [-0.3, -0.25) is 19.3 Å². The maximum Gasteiger partial charge on any atom is 0.293 e. The standard InChI is InChI=1S/C25H26N2O6S/c1-15(2)18-6-4-16(3)10-20(18)31-13-23(28)26-8-9-27-24(29)22(34-25(27)30)12-17-5-7-19-21(11-17)33-14-32-19/h4-7,10-12,15H,8-9,13-14H2,1-3H3,(H,26,28)/b22-12-. The molecule has 1 saturated heterocycles. The Balaban J connectivity index is 1.28. The van der Waals surface area contributed by atoms with Gasteiger partial charge >= 0.3 is 0 Å². The molecule has 178 valence electrons. The number of benzene rings is 2.